The molecule has 186 valence electrons. The van der Waals surface area contributed by atoms with Crippen LogP contribution in [0, 0.1) is 12.7 Å². The largest absolute Gasteiger partial charge is 0.490 e. The van der Waals surface area contributed by atoms with Crippen molar-refractivity contribution in [2.45, 2.75) is 51.2 Å². The summed E-state index contributed by atoms with van der Waals surface area (Å²) in [5, 5.41) is 2.79. The number of pyridine rings is 1. The number of ether oxygens (including phenoxy) is 3. The highest BCUT2D eigenvalue weighted by atomic mass is 19.3. The molecule has 3 aliphatic rings. The quantitative estimate of drug-likeness (QED) is 0.689. The van der Waals surface area contributed by atoms with Gasteiger partial charge in [0.1, 0.15) is 24.0 Å². The first kappa shape index (κ1) is 23.3. The molecular formula is C24H24F3N3O5. The molecule has 1 fully saturated rings. The number of nitrogens with one attached hydrogen (secondary N) is 1. The maximum atomic E-state index is 14.9. The van der Waals surface area contributed by atoms with Gasteiger partial charge in [-0.2, -0.15) is 0 Å². The van der Waals surface area contributed by atoms with Crippen LogP contribution in [0.25, 0.3) is 0 Å². The topological polar surface area (TPSA) is 90.0 Å². The number of nitrogens with zero attached hydrogens (tertiary/aromatic N) is 2. The van der Waals surface area contributed by atoms with Gasteiger partial charge in [0.2, 0.25) is 11.8 Å². The van der Waals surface area contributed by atoms with E-state index in [4.69, 9.17) is 14.2 Å². The summed E-state index contributed by atoms with van der Waals surface area (Å²) in [6, 6.07) is 2.65. The minimum absolute atomic E-state index is 0.0772. The molecule has 0 saturated carbocycles. The van der Waals surface area contributed by atoms with Crippen LogP contribution in [0.15, 0.2) is 18.3 Å². The van der Waals surface area contributed by atoms with Gasteiger partial charge in [0.25, 0.3) is 11.8 Å². The molecule has 2 amide bonds. The van der Waals surface area contributed by atoms with E-state index in [0.29, 0.717) is 37.8 Å². The molecule has 11 heteroatoms. The molecule has 1 saturated heterocycles. The van der Waals surface area contributed by atoms with Crippen molar-refractivity contribution < 1.29 is 37.0 Å². The standard InChI is InChI=1S/C24H24F3N3O5/c1-12-5-17-20(22(21(12)25)34-11-24(2,26)27)23(32)30-9-15(6-14(30)10-33-17)35-19-7-16-13(8-28-19)3-4-18(31)29-16/h5,7-8,14-15H,3-4,6,9-11H2,1-2H3,(H,29,31)/t14-,15+/m1/s1. The van der Waals surface area contributed by atoms with Gasteiger partial charge in [-0.05, 0) is 30.5 Å². The number of anilines is 1. The van der Waals surface area contributed by atoms with Crippen molar-refractivity contribution in [2.75, 3.05) is 25.1 Å². The van der Waals surface area contributed by atoms with Crippen LogP contribution in [0.2, 0.25) is 0 Å². The molecule has 0 bridgehead atoms. The van der Waals surface area contributed by atoms with E-state index in [1.54, 1.807) is 12.3 Å². The first-order valence-electron chi connectivity index (χ1n) is 11.3. The van der Waals surface area contributed by atoms with Crippen LogP contribution in [-0.4, -0.2) is 59.5 Å². The first-order valence-corrected chi connectivity index (χ1v) is 11.3. The molecule has 8 nitrogen and oxygen atoms in total. The van der Waals surface area contributed by atoms with E-state index in [0.717, 1.165) is 5.56 Å². The Labute approximate surface area is 199 Å². The summed E-state index contributed by atoms with van der Waals surface area (Å²) >= 11 is 0. The van der Waals surface area contributed by atoms with Crippen molar-refractivity contribution in [3.8, 4) is 17.4 Å². The number of alkyl halides is 2. The molecule has 5 rings (SSSR count). The van der Waals surface area contributed by atoms with Gasteiger partial charge in [-0.1, -0.05) is 0 Å². The van der Waals surface area contributed by atoms with Crippen molar-refractivity contribution in [3.05, 3.63) is 40.8 Å². The van der Waals surface area contributed by atoms with Crippen LogP contribution in [0.4, 0.5) is 18.9 Å². The highest BCUT2D eigenvalue weighted by Gasteiger charge is 2.43. The van der Waals surface area contributed by atoms with Gasteiger partial charge in [-0.15, -0.1) is 0 Å². The maximum Gasteiger partial charge on any atom is 0.278 e. The molecule has 0 radical (unpaired) electrons. The van der Waals surface area contributed by atoms with Crippen LogP contribution in [0.3, 0.4) is 0 Å². The van der Waals surface area contributed by atoms with Gasteiger partial charge in [0, 0.05) is 32.0 Å². The molecule has 1 aromatic heterocycles. The normalized spacial score (nSPS) is 21.3. The van der Waals surface area contributed by atoms with E-state index >= 15 is 0 Å². The number of amides is 2. The zero-order valence-electron chi connectivity index (χ0n) is 19.2. The fourth-order valence-electron chi connectivity index (χ4n) is 4.56. The number of carbonyl (C=O) groups excluding carboxylic acids is 2. The number of carbonyl (C=O) groups is 2. The third-order valence-corrected chi connectivity index (χ3v) is 6.26. The van der Waals surface area contributed by atoms with Crippen LogP contribution in [0.1, 0.15) is 41.3 Å². The minimum Gasteiger partial charge on any atom is -0.490 e. The smallest absolute Gasteiger partial charge is 0.278 e. The number of hydrogen-bond acceptors (Lipinski definition) is 6. The minimum atomic E-state index is -3.21. The Morgan fingerprint density at radius 2 is 2.09 bits per heavy atom. The van der Waals surface area contributed by atoms with Crippen molar-refractivity contribution in [2.24, 2.45) is 0 Å². The lowest BCUT2D eigenvalue weighted by atomic mass is 10.1. The van der Waals surface area contributed by atoms with Gasteiger partial charge >= 0.3 is 0 Å². The molecule has 3 aliphatic heterocycles. The zero-order valence-corrected chi connectivity index (χ0v) is 19.2. The SMILES string of the molecule is Cc1cc2c(c(OCC(C)(F)F)c1F)C(=O)N1C[C@@H](Oc3cc4c(cn3)CCC(=O)N4)C[C@@H]1CO2. The van der Waals surface area contributed by atoms with Gasteiger partial charge < -0.3 is 24.4 Å². The molecular weight excluding hydrogens is 467 g/mol. The average molecular weight is 491 g/mol. The highest BCUT2D eigenvalue weighted by molar-refractivity contribution is 6.00. The third-order valence-electron chi connectivity index (χ3n) is 6.26. The van der Waals surface area contributed by atoms with E-state index < -0.39 is 36.1 Å². The van der Waals surface area contributed by atoms with Crippen molar-refractivity contribution in [1.82, 2.24) is 9.88 Å². The van der Waals surface area contributed by atoms with E-state index in [2.05, 4.69) is 10.3 Å². The molecule has 1 N–H and O–H groups in total. The van der Waals surface area contributed by atoms with Crippen molar-refractivity contribution in [1.29, 1.82) is 0 Å². The Morgan fingerprint density at radius 3 is 2.86 bits per heavy atom. The van der Waals surface area contributed by atoms with E-state index in [1.807, 2.05) is 0 Å². The number of fused-ring (bicyclic) bond motifs is 3. The highest BCUT2D eigenvalue weighted by Crippen LogP contribution is 2.40. The fraction of sp³-hybridized carbons (Fsp3) is 0.458. The van der Waals surface area contributed by atoms with Crippen molar-refractivity contribution >= 4 is 17.5 Å². The molecule has 35 heavy (non-hydrogen) atoms. The Morgan fingerprint density at radius 1 is 1.29 bits per heavy atom. The maximum absolute atomic E-state index is 14.9. The van der Waals surface area contributed by atoms with E-state index in [-0.39, 0.29) is 42.0 Å². The Hall–Kier alpha value is -3.50. The summed E-state index contributed by atoms with van der Waals surface area (Å²) in [7, 11) is 0. The Bertz CT molecular complexity index is 1200. The number of aryl methyl sites for hydroxylation is 2. The van der Waals surface area contributed by atoms with Gasteiger partial charge in [0.05, 0.1) is 18.3 Å². The van der Waals surface area contributed by atoms with Crippen LogP contribution < -0.4 is 19.5 Å². The predicted molar refractivity (Wildman–Crippen MR) is 118 cm³/mol. The molecule has 0 unspecified atom stereocenters. The lowest BCUT2D eigenvalue weighted by molar-refractivity contribution is -0.116. The summed E-state index contributed by atoms with van der Waals surface area (Å²) in [4.78, 5) is 30.9. The van der Waals surface area contributed by atoms with E-state index in [1.165, 1.54) is 17.9 Å². The second-order valence-electron chi connectivity index (χ2n) is 9.19. The Balaban J connectivity index is 1.37. The number of aromatic nitrogens is 1. The predicted octanol–water partition coefficient (Wildman–Crippen LogP) is 3.50. The molecule has 0 spiro atoms. The number of rotatable bonds is 5. The summed E-state index contributed by atoms with van der Waals surface area (Å²) in [6.07, 6.45) is 2.65. The third kappa shape index (κ3) is 4.59. The van der Waals surface area contributed by atoms with Crippen LogP contribution in [-0.2, 0) is 11.2 Å². The molecule has 2 aromatic rings. The van der Waals surface area contributed by atoms with Crippen LogP contribution >= 0.6 is 0 Å². The summed E-state index contributed by atoms with van der Waals surface area (Å²) in [5.74, 6) is -4.88. The monoisotopic (exact) mass is 491 g/mol. The fourth-order valence-corrected chi connectivity index (χ4v) is 4.56. The molecule has 2 atom stereocenters. The summed E-state index contributed by atoms with van der Waals surface area (Å²) in [5.41, 5.74) is 1.47. The summed E-state index contributed by atoms with van der Waals surface area (Å²) in [6.45, 7) is 1.31. The van der Waals surface area contributed by atoms with E-state index in [9.17, 15) is 22.8 Å². The molecule has 0 aliphatic carbocycles. The van der Waals surface area contributed by atoms with Gasteiger partial charge in [-0.25, -0.2) is 18.2 Å². The lowest BCUT2D eigenvalue weighted by Gasteiger charge is -2.22. The lowest BCUT2D eigenvalue weighted by Crippen LogP contribution is -2.37. The number of benzene rings is 1. The average Bonchev–Trinajstić information content (AvgIpc) is 3.14. The van der Waals surface area contributed by atoms with Gasteiger partial charge in [-0.3, -0.25) is 9.59 Å². The second kappa shape index (κ2) is 8.62. The Kier molecular flexibility index (Phi) is 5.72. The van der Waals surface area contributed by atoms with Crippen LogP contribution in [0.5, 0.6) is 17.4 Å². The molecule has 1 aromatic carbocycles. The molecule has 4 heterocycles. The number of halogens is 3. The van der Waals surface area contributed by atoms with Gasteiger partial charge in [0.15, 0.2) is 18.2 Å². The number of hydrogen-bond donors (Lipinski definition) is 1. The summed E-state index contributed by atoms with van der Waals surface area (Å²) < 4.78 is 58.7. The first-order chi connectivity index (χ1) is 16.6. The zero-order chi connectivity index (χ0) is 24.9. The van der Waals surface area contributed by atoms with Crippen molar-refractivity contribution in [3.63, 3.8) is 0 Å². The second-order valence-corrected chi connectivity index (χ2v) is 9.19.